The molecule has 4 heterocycles. The molecule has 4 N–H and O–H groups in total. The Morgan fingerprint density at radius 3 is 2.88 bits per heavy atom. The first-order chi connectivity index (χ1) is 16.5. The summed E-state index contributed by atoms with van der Waals surface area (Å²) >= 11 is 1.44. The van der Waals surface area contributed by atoms with E-state index in [9.17, 15) is 4.79 Å². The van der Waals surface area contributed by atoms with Crippen molar-refractivity contribution in [2.24, 2.45) is 5.92 Å². The molecule has 1 aromatic carbocycles. The van der Waals surface area contributed by atoms with E-state index in [2.05, 4.69) is 25.5 Å². The number of carbonyl (C=O) groups is 1. The highest BCUT2D eigenvalue weighted by Crippen LogP contribution is 2.44. The average molecular weight is 481 g/mol. The predicted molar refractivity (Wildman–Crippen MR) is 126 cm³/mol. The Balaban J connectivity index is 1.50. The van der Waals surface area contributed by atoms with Crippen LogP contribution in [0.25, 0.3) is 22.4 Å². The normalized spacial score (nSPS) is 12.6. The van der Waals surface area contributed by atoms with Gasteiger partial charge in [0.15, 0.2) is 33.6 Å². The lowest BCUT2D eigenvalue weighted by atomic mass is 10.1. The van der Waals surface area contributed by atoms with Crippen molar-refractivity contribution in [3.05, 3.63) is 30.7 Å². The van der Waals surface area contributed by atoms with Crippen molar-refractivity contribution in [1.82, 2.24) is 35.0 Å². The maximum Gasteiger partial charge on any atom is 0.231 e. The van der Waals surface area contributed by atoms with Crippen molar-refractivity contribution in [3.8, 4) is 22.8 Å². The van der Waals surface area contributed by atoms with Crippen LogP contribution < -0.4 is 20.5 Å². The second-order valence-electron chi connectivity index (χ2n) is 8.20. The standard InChI is InChI=1S/C22H24N8O3S/c1-12(2)7-18(31)24-5-6-30-21-19(20(23)25-10-26-21)28-22(30)34-17-9-16-15(32-11-33-16)8-13(17)14-3-4-27-29-14/h3-4,8-10,12H,5-7,11H2,1-2H3,(H,24,31)(H,27,29)(H2,23,25,26). The van der Waals surface area contributed by atoms with Crippen LogP contribution in [-0.4, -0.2) is 49.0 Å². The molecule has 34 heavy (non-hydrogen) atoms. The lowest BCUT2D eigenvalue weighted by Crippen LogP contribution is -2.28. The number of rotatable bonds is 8. The molecule has 1 aliphatic heterocycles. The summed E-state index contributed by atoms with van der Waals surface area (Å²) in [6, 6.07) is 5.73. The van der Waals surface area contributed by atoms with Gasteiger partial charge in [0.25, 0.3) is 0 Å². The number of ether oxygens (including phenoxy) is 2. The lowest BCUT2D eigenvalue weighted by molar-refractivity contribution is -0.121. The maximum absolute atomic E-state index is 12.1. The molecule has 0 atom stereocenters. The van der Waals surface area contributed by atoms with Gasteiger partial charge in [-0.15, -0.1) is 0 Å². The van der Waals surface area contributed by atoms with Crippen LogP contribution in [0.15, 0.2) is 40.8 Å². The Kier molecular flexibility index (Phi) is 5.97. The topological polar surface area (TPSA) is 146 Å². The lowest BCUT2D eigenvalue weighted by Gasteiger charge is -2.12. The van der Waals surface area contributed by atoms with E-state index in [1.807, 2.05) is 36.6 Å². The van der Waals surface area contributed by atoms with Crippen LogP contribution in [0.4, 0.5) is 5.82 Å². The summed E-state index contributed by atoms with van der Waals surface area (Å²) in [5.41, 5.74) is 8.95. The fourth-order valence-corrected chi connectivity index (χ4v) is 4.75. The first-order valence-electron chi connectivity index (χ1n) is 10.8. The van der Waals surface area contributed by atoms with Crippen LogP contribution in [0.2, 0.25) is 0 Å². The highest BCUT2D eigenvalue weighted by atomic mass is 32.2. The molecule has 0 unspecified atom stereocenters. The van der Waals surface area contributed by atoms with Crippen LogP contribution >= 0.6 is 11.8 Å². The van der Waals surface area contributed by atoms with Crippen LogP contribution in [0.5, 0.6) is 11.5 Å². The van der Waals surface area contributed by atoms with Gasteiger partial charge >= 0.3 is 0 Å². The van der Waals surface area contributed by atoms with Gasteiger partial charge in [-0.1, -0.05) is 25.6 Å². The molecular weight excluding hydrogens is 456 g/mol. The zero-order valence-electron chi connectivity index (χ0n) is 18.7. The van der Waals surface area contributed by atoms with Gasteiger partial charge in [-0.25, -0.2) is 15.0 Å². The molecule has 5 rings (SSSR count). The van der Waals surface area contributed by atoms with Gasteiger partial charge in [0, 0.05) is 36.2 Å². The molecule has 0 saturated carbocycles. The van der Waals surface area contributed by atoms with Gasteiger partial charge in [0.05, 0.1) is 5.69 Å². The molecule has 1 aliphatic rings. The highest BCUT2D eigenvalue weighted by molar-refractivity contribution is 7.99. The van der Waals surface area contributed by atoms with E-state index >= 15 is 0 Å². The minimum Gasteiger partial charge on any atom is -0.454 e. The fraction of sp³-hybridized carbons (Fsp3) is 0.318. The predicted octanol–water partition coefficient (Wildman–Crippen LogP) is 2.84. The van der Waals surface area contributed by atoms with Crippen LogP contribution in [0.1, 0.15) is 20.3 Å². The van der Waals surface area contributed by atoms with E-state index < -0.39 is 0 Å². The summed E-state index contributed by atoms with van der Waals surface area (Å²) < 4.78 is 13.1. The zero-order valence-corrected chi connectivity index (χ0v) is 19.6. The molecule has 11 nitrogen and oxygen atoms in total. The monoisotopic (exact) mass is 480 g/mol. The molecule has 1 amide bonds. The summed E-state index contributed by atoms with van der Waals surface area (Å²) in [6.07, 6.45) is 3.59. The maximum atomic E-state index is 12.1. The molecule has 3 aromatic heterocycles. The number of fused-ring (bicyclic) bond motifs is 2. The number of H-pyrrole nitrogens is 1. The summed E-state index contributed by atoms with van der Waals surface area (Å²) in [4.78, 5) is 26.2. The molecule has 4 aromatic rings. The minimum atomic E-state index is 0.0139. The van der Waals surface area contributed by atoms with Crippen molar-refractivity contribution in [3.63, 3.8) is 0 Å². The third-order valence-electron chi connectivity index (χ3n) is 5.24. The van der Waals surface area contributed by atoms with Gasteiger partial charge in [-0.05, 0) is 24.1 Å². The number of hydrogen-bond acceptors (Lipinski definition) is 9. The molecule has 0 saturated heterocycles. The molecule has 0 radical (unpaired) electrons. The number of nitrogens with one attached hydrogen (secondary N) is 2. The number of amides is 1. The van der Waals surface area contributed by atoms with E-state index in [4.69, 9.17) is 20.2 Å². The first kappa shape index (κ1) is 22.0. The smallest absolute Gasteiger partial charge is 0.231 e. The van der Waals surface area contributed by atoms with Crippen LogP contribution in [-0.2, 0) is 11.3 Å². The number of hydrogen-bond donors (Lipinski definition) is 3. The second-order valence-corrected chi connectivity index (χ2v) is 9.21. The number of nitrogens with zero attached hydrogens (tertiary/aromatic N) is 5. The van der Waals surface area contributed by atoms with Gasteiger partial charge in [-0.2, -0.15) is 5.10 Å². The molecular formula is C22H24N8O3S. The highest BCUT2D eigenvalue weighted by Gasteiger charge is 2.22. The zero-order chi connectivity index (χ0) is 23.7. The largest absolute Gasteiger partial charge is 0.454 e. The van der Waals surface area contributed by atoms with Crippen LogP contribution in [0, 0.1) is 5.92 Å². The molecule has 0 bridgehead atoms. The number of aromatic amines is 1. The van der Waals surface area contributed by atoms with Crippen molar-refractivity contribution in [2.75, 3.05) is 19.1 Å². The fourth-order valence-electron chi connectivity index (χ4n) is 3.69. The molecule has 0 spiro atoms. The van der Waals surface area contributed by atoms with Crippen molar-refractivity contribution < 1.29 is 14.3 Å². The van der Waals surface area contributed by atoms with E-state index in [-0.39, 0.29) is 12.7 Å². The number of anilines is 1. The third-order valence-corrected chi connectivity index (χ3v) is 6.30. The van der Waals surface area contributed by atoms with Gasteiger partial charge in [0.2, 0.25) is 12.7 Å². The Morgan fingerprint density at radius 2 is 2.12 bits per heavy atom. The Morgan fingerprint density at radius 1 is 1.29 bits per heavy atom. The summed E-state index contributed by atoms with van der Waals surface area (Å²) in [5, 5.41) is 10.7. The van der Waals surface area contributed by atoms with Gasteiger partial charge < -0.3 is 25.1 Å². The molecule has 0 aliphatic carbocycles. The molecule has 176 valence electrons. The summed E-state index contributed by atoms with van der Waals surface area (Å²) in [7, 11) is 0. The molecule has 12 heteroatoms. The number of carbonyl (C=O) groups excluding carboxylic acids is 1. The van der Waals surface area contributed by atoms with Crippen molar-refractivity contribution in [2.45, 2.75) is 36.9 Å². The van der Waals surface area contributed by atoms with Gasteiger partial charge in [-0.3, -0.25) is 9.89 Å². The summed E-state index contributed by atoms with van der Waals surface area (Å²) in [5.74, 6) is 1.94. The minimum absolute atomic E-state index is 0.0139. The van der Waals surface area contributed by atoms with E-state index in [0.29, 0.717) is 59.1 Å². The number of nitrogens with two attached hydrogens (primary N) is 1. The van der Waals surface area contributed by atoms with E-state index in [0.717, 1.165) is 16.2 Å². The van der Waals surface area contributed by atoms with E-state index in [1.165, 1.54) is 18.1 Å². The van der Waals surface area contributed by atoms with Crippen LogP contribution in [0.3, 0.4) is 0 Å². The molecule has 0 fully saturated rings. The van der Waals surface area contributed by atoms with E-state index in [1.54, 1.807) is 6.20 Å². The Bertz CT molecular complexity index is 1340. The number of nitrogen functional groups attached to an aromatic ring is 1. The average Bonchev–Trinajstić information content (AvgIpc) is 3.54. The van der Waals surface area contributed by atoms with Crippen molar-refractivity contribution in [1.29, 1.82) is 0 Å². The number of aromatic nitrogens is 6. The quantitative estimate of drug-likeness (QED) is 0.346. The Labute approximate surface area is 199 Å². The summed E-state index contributed by atoms with van der Waals surface area (Å²) in [6.45, 7) is 5.11. The SMILES string of the molecule is CC(C)CC(=O)NCCn1c(Sc2cc3c(cc2-c2ccn[nH]2)OCO3)nc2c(N)ncnc21. The first-order valence-corrected chi connectivity index (χ1v) is 11.7. The third kappa shape index (κ3) is 4.36. The second kappa shape index (κ2) is 9.21. The number of benzene rings is 1. The van der Waals surface area contributed by atoms with Gasteiger partial charge in [0.1, 0.15) is 6.33 Å². The number of imidazole rings is 1. The Hall–Kier alpha value is -3.80. The van der Waals surface area contributed by atoms with Crippen molar-refractivity contribution >= 4 is 34.7 Å².